The molecule has 0 aliphatic carbocycles. The summed E-state index contributed by atoms with van der Waals surface area (Å²) in [4.78, 5) is 12.5. The highest BCUT2D eigenvalue weighted by Crippen LogP contribution is 2.33. The Labute approximate surface area is 180 Å². The van der Waals surface area contributed by atoms with E-state index in [1.807, 2.05) is 0 Å². The molecule has 3 aromatic rings. The van der Waals surface area contributed by atoms with Crippen LogP contribution in [-0.2, 0) is 21.3 Å². The Morgan fingerprint density at radius 3 is 2.53 bits per heavy atom. The Balaban J connectivity index is 1.55. The number of aromatic nitrogens is 4. The fraction of sp³-hybridized carbons (Fsp3) is 0.389. The maximum absolute atomic E-state index is 13.4. The number of primary sulfonamides is 1. The second kappa shape index (κ2) is 8.63. The third-order valence-electron chi connectivity index (χ3n) is 5.04. The molecule has 5 N–H and O–H groups in total. The number of nitrogens with two attached hydrogens (primary N) is 1. The van der Waals surface area contributed by atoms with Crippen molar-refractivity contribution in [1.82, 2.24) is 19.5 Å². The third-order valence-corrected chi connectivity index (χ3v) is 5.84. The normalized spacial score (nSPS) is 23.7. The Morgan fingerprint density at radius 1 is 1.12 bits per heavy atom. The molecule has 14 heteroatoms. The molecule has 4 rings (SSSR count). The predicted molar refractivity (Wildman–Crippen MR) is 108 cm³/mol. The van der Waals surface area contributed by atoms with Crippen LogP contribution in [0, 0.1) is 11.6 Å². The molecule has 4 atom stereocenters. The van der Waals surface area contributed by atoms with Gasteiger partial charge in [0.05, 0.1) is 18.2 Å². The second-order valence-corrected chi connectivity index (χ2v) is 9.11. The molecule has 2 aromatic heterocycles. The van der Waals surface area contributed by atoms with Gasteiger partial charge in [-0.3, -0.25) is 4.57 Å². The second-order valence-electron chi connectivity index (χ2n) is 7.38. The number of rotatable bonds is 7. The first-order chi connectivity index (χ1) is 15.1. The molecule has 1 aromatic carbocycles. The fourth-order valence-electron chi connectivity index (χ4n) is 3.54. The number of ether oxygens (including phenoxy) is 1. The van der Waals surface area contributed by atoms with Crippen molar-refractivity contribution < 1.29 is 32.1 Å². The van der Waals surface area contributed by atoms with Crippen LogP contribution in [0.15, 0.2) is 30.9 Å². The average Bonchev–Trinajstić information content (AvgIpc) is 3.25. The van der Waals surface area contributed by atoms with Crippen LogP contribution in [0.25, 0.3) is 11.2 Å². The molecule has 1 saturated heterocycles. The first kappa shape index (κ1) is 22.4. The fourth-order valence-corrected chi connectivity index (χ4v) is 4.11. The van der Waals surface area contributed by atoms with E-state index in [-0.39, 0.29) is 24.4 Å². The van der Waals surface area contributed by atoms with Gasteiger partial charge in [-0.25, -0.2) is 37.3 Å². The highest BCUT2D eigenvalue weighted by atomic mass is 32.2. The smallest absolute Gasteiger partial charge is 0.209 e. The summed E-state index contributed by atoms with van der Waals surface area (Å²) in [5, 5.41) is 28.6. The van der Waals surface area contributed by atoms with E-state index >= 15 is 0 Å². The van der Waals surface area contributed by atoms with Crippen LogP contribution < -0.4 is 10.5 Å². The zero-order valence-corrected chi connectivity index (χ0v) is 17.3. The Kier molecular flexibility index (Phi) is 6.05. The van der Waals surface area contributed by atoms with E-state index < -0.39 is 52.0 Å². The molecule has 1 aliphatic rings. The molecule has 3 heterocycles. The van der Waals surface area contributed by atoms with Crippen LogP contribution in [0.3, 0.4) is 0 Å². The number of nitrogens with zero attached hydrogens (tertiary/aromatic N) is 4. The van der Waals surface area contributed by atoms with Crippen molar-refractivity contribution in [1.29, 1.82) is 0 Å². The van der Waals surface area contributed by atoms with Gasteiger partial charge in [0.25, 0.3) is 0 Å². The minimum Gasteiger partial charge on any atom is -0.388 e. The molecule has 0 unspecified atom stereocenters. The lowest BCUT2D eigenvalue weighted by atomic mass is 10.1. The predicted octanol–water partition coefficient (Wildman–Crippen LogP) is 0.0144. The zero-order chi connectivity index (χ0) is 23.0. The summed E-state index contributed by atoms with van der Waals surface area (Å²) in [6, 6.07) is 3.13. The van der Waals surface area contributed by atoms with E-state index in [2.05, 4.69) is 20.3 Å². The molecule has 11 nitrogen and oxygen atoms in total. The molecule has 0 bridgehead atoms. The van der Waals surface area contributed by atoms with Crippen molar-refractivity contribution in [3.63, 3.8) is 0 Å². The van der Waals surface area contributed by atoms with Gasteiger partial charge in [-0.2, -0.15) is 0 Å². The number of hydrogen-bond acceptors (Lipinski definition) is 9. The van der Waals surface area contributed by atoms with Crippen LogP contribution >= 0.6 is 0 Å². The van der Waals surface area contributed by atoms with Gasteiger partial charge in [-0.15, -0.1) is 0 Å². The lowest BCUT2D eigenvalue weighted by Crippen LogP contribution is -2.33. The number of aliphatic hydroxyl groups excluding tert-OH is 2. The number of imidazole rings is 1. The number of halogens is 2. The molecule has 0 saturated carbocycles. The number of nitrogens with one attached hydrogen (secondary N) is 1. The van der Waals surface area contributed by atoms with Crippen LogP contribution in [0.4, 0.5) is 14.6 Å². The molecule has 172 valence electrons. The van der Waals surface area contributed by atoms with Gasteiger partial charge < -0.3 is 20.3 Å². The third kappa shape index (κ3) is 4.68. The SMILES string of the molecule is NS(=O)(=O)CC[C@H]1O[C@@H](n2cnc3c(NCc4cc(F)cc(F)c4)ncnc32)[C@H](O)[C@H]1O. The van der Waals surface area contributed by atoms with E-state index in [1.165, 1.54) is 29.4 Å². The summed E-state index contributed by atoms with van der Waals surface area (Å²) >= 11 is 0. The summed E-state index contributed by atoms with van der Waals surface area (Å²) < 4.78 is 56.2. The molecule has 1 fully saturated rings. The molecule has 0 amide bonds. The molecule has 0 radical (unpaired) electrons. The van der Waals surface area contributed by atoms with E-state index in [0.717, 1.165) is 6.07 Å². The van der Waals surface area contributed by atoms with Crippen molar-refractivity contribution in [3.8, 4) is 0 Å². The van der Waals surface area contributed by atoms with Crippen molar-refractivity contribution in [3.05, 3.63) is 48.1 Å². The molecule has 32 heavy (non-hydrogen) atoms. The summed E-state index contributed by atoms with van der Waals surface area (Å²) in [6.45, 7) is 0.0601. The maximum atomic E-state index is 13.4. The van der Waals surface area contributed by atoms with Gasteiger partial charge in [-0.05, 0) is 24.1 Å². The highest BCUT2D eigenvalue weighted by molar-refractivity contribution is 7.89. The summed E-state index contributed by atoms with van der Waals surface area (Å²) in [5.74, 6) is -1.56. The van der Waals surface area contributed by atoms with E-state index in [4.69, 9.17) is 9.88 Å². The maximum Gasteiger partial charge on any atom is 0.209 e. The number of benzene rings is 1. The summed E-state index contributed by atoms with van der Waals surface area (Å²) in [6.07, 6.45) is -2.32. The van der Waals surface area contributed by atoms with E-state index in [0.29, 0.717) is 11.1 Å². The largest absolute Gasteiger partial charge is 0.388 e. The Morgan fingerprint density at radius 2 is 1.84 bits per heavy atom. The number of hydrogen-bond donors (Lipinski definition) is 4. The van der Waals surface area contributed by atoms with Gasteiger partial charge in [0.1, 0.15) is 30.2 Å². The molecular formula is C18H20F2N6O5S. The number of aliphatic hydroxyl groups is 2. The zero-order valence-electron chi connectivity index (χ0n) is 16.5. The lowest BCUT2D eigenvalue weighted by molar-refractivity contribution is -0.0353. The molecule has 1 aliphatic heterocycles. The van der Waals surface area contributed by atoms with Crippen molar-refractivity contribution in [2.45, 2.75) is 37.5 Å². The minimum atomic E-state index is -3.77. The minimum absolute atomic E-state index is 0.0601. The standard InChI is InChI=1S/C18H20F2N6O5S/c19-10-3-9(4-11(20)5-10)6-22-16-13-17(24-7-23-16)26(8-25-13)18-15(28)14(27)12(31-18)1-2-32(21,29)30/h3-5,7-8,12,14-15,18,27-28H,1-2,6H2,(H2,21,29,30)(H,22,23,24)/t12-,14+,15-,18-/m1/s1. The number of anilines is 1. The molecule has 0 spiro atoms. The number of sulfonamides is 1. The first-order valence-electron chi connectivity index (χ1n) is 9.51. The van der Waals surface area contributed by atoms with Crippen molar-refractivity contribution >= 4 is 27.0 Å². The van der Waals surface area contributed by atoms with E-state index in [9.17, 15) is 27.4 Å². The van der Waals surface area contributed by atoms with Gasteiger partial charge >= 0.3 is 0 Å². The highest BCUT2D eigenvalue weighted by Gasteiger charge is 2.44. The quantitative estimate of drug-likeness (QED) is 0.372. The first-order valence-corrected chi connectivity index (χ1v) is 11.2. The van der Waals surface area contributed by atoms with Crippen LogP contribution in [0.2, 0.25) is 0 Å². The van der Waals surface area contributed by atoms with Gasteiger partial charge in [0, 0.05) is 12.6 Å². The van der Waals surface area contributed by atoms with Crippen molar-refractivity contribution in [2.75, 3.05) is 11.1 Å². The number of fused-ring (bicyclic) bond motifs is 1. The van der Waals surface area contributed by atoms with Crippen LogP contribution in [-0.4, -0.2) is 62.2 Å². The van der Waals surface area contributed by atoms with Gasteiger partial charge in [0.15, 0.2) is 23.2 Å². The lowest BCUT2D eigenvalue weighted by Gasteiger charge is -2.16. The van der Waals surface area contributed by atoms with Crippen LogP contribution in [0.1, 0.15) is 18.2 Å². The topological polar surface area (TPSA) is 165 Å². The Bertz CT molecular complexity index is 1220. The summed E-state index contributed by atoms with van der Waals surface area (Å²) in [7, 11) is -3.77. The van der Waals surface area contributed by atoms with Crippen molar-refractivity contribution in [2.24, 2.45) is 5.14 Å². The van der Waals surface area contributed by atoms with Gasteiger partial charge in [-0.1, -0.05) is 0 Å². The van der Waals surface area contributed by atoms with Gasteiger partial charge in [0.2, 0.25) is 10.0 Å². The Hall–Kier alpha value is -2.78. The van der Waals surface area contributed by atoms with E-state index in [1.54, 1.807) is 0 Å². The van der Waals surface area contributed by atoms with Crippen LogP contribution in [0.5, 0.6) is 0 Å². The molecular weight excluding hydrogens is 450 g/mol. The summed E-state index contributed by atoms with van der Waals surface area (Å²) in [5.41, 5.74) is 0.906. The monoisotopic (exact) mass is 470 g/mol. The average molecular weight is 470 g/mol.